The lowest BCUT2D eigenvalue weighted by molar-refractivity contribution is -0.178. The molecule has 0 aliphatic carbocycles. The van der Waals surface area contributed by atoms with Gasteiger partial charge in [-0.3, -0.25) is 0 Å². The number of rotatable bonds is 10. The van der Waals surface area contributed by atoms with E-state index in [-0.39, 0.29) is 12.8 Å². The maximum atomic E-state index is 13.1. The number of alkyl halides is 3. The molecule has 1 aromatic rings. The molecule has 0 heterocycles. The van der Waals surface area contributed by atoms with Gasteiger partial charge in [-0.15, -0.1) is 0 Å². The van der Waals surface area contributed by atoms with E-state index in [4.69, 9.17) is 0 Å². The lowest BCUT2D eigenvalue weighted by Gasteiger charge is -2.20. The predicted octanol–water partition coefficient (Wildman–Crippen LogP) is 6.55. The van der Waals surface area contributed by atoms with Gasteiger partial charge in [0, 0.05) is 0 Å². The van der Waals surface area contributed by atoms with Gasteiger partial charge in [0.1, 0.15) is 0 Å². The molecule has 0 N–H and O–H groups in total. The molecule has 0 bridgehead atoms. The van der Waals surface area contributed by atoms with E-state index in [9.17, 15) is 13.2 Å². The van der Waals surface area contributed by atoms with Crippen LogP contribution >= 0.6 is 0 Å². The van der Waals surface area contributed by atoms with Gasteiger partial charge in [0.25, 0.3) is 0 Å². The van der Waals surface area contributed by atoms with Crippen LogP contribution in [0.25, 0.3) is 0 Å². The van der Waals surface area contributed by atoms with Crippen LogP contribution in [0.4, 0.5) is 13.2 Å². The molecule has 0 nitrogen and oxygen atoms in total. The molecule has 3 heteroatoms. The van der Waals surface area contributed by atoms with Gasteiger partial charge in [-0.2, -0.15) is 13.2 Å². The van der Waals surface area contributed by atoms with Gasteiger partial charge in [0.15, 0.2) is 0 Å². The van der Waals surface area contributed by atoms with E-state index < -0.39 is 12.1 Å². The number of hydrogen-bond acceptors (Lipinski definition) is 0. The zero-order chi connectivity index (χ0) is 15.6. The van der Waals surface area contributed by atoms with Crippen LogP contribution in [0.15, 0.2) is 30.3 Å². The first-order valence-corrected chi connectivity index (χ1v) is 8.14. The fraction of sp³-hybridized carbons (Fsp3) is 0.667. The average Bonchev–Trinajstić information content (AvgIpc) is 2.45. The highest BCUT2D eigenvalue weighted by Crippen LogP contribution is 2.34. The summed E-state index contributed by atoms with van der Waals surface area (Å²) in [6, 6.07) is 9.45. The normalized spacial score (nSPS) is 13.3. The molecule has 0 fully saturated rings. The van der Waals surface area contributed by atoms with Crippen molar-refractivity contribution in [2.75, 3.05) is 0 Å². The summed E-state index contributed by atoms with van der Waals surface area (Å²) in [5, 5.41) is 0. The van der Waals surface area contributed by atoms with Crippen LogP contribution in [0.2, 0.25) is 0 Å². The van der Waals surface area contributed by atoms with Gasteiger partial charge < -0.3 is 0 Å². The summed E-state index contributed by atoms with van der Waals surface area (Å²) in [5.41, 5.74) is 0.995. The standard InChI is InChI=1S/C18H27F3/c1-2-3-4-5-6-10-13-17(18(19,20)21)15-14-16-11-8-7-9-12-16/h7-9,11-12,17H,2-6,10,13-15H2,1H3. The van der Waals surface area contributed by atoms with Crippen LogP contribution in [-0.2, 0) is 6.42 Å². The minimum absolute atomic E-state index is 0.211. The number of halogens is 3. The van der Waals surface area contributed by atoms with Crippen molar-refractivity contribution in [3.63, 3.8) is 0 Å². The highest BCUT2D eigenvalue weighted by molar-refractivity contribution is 5.14. The third kappa shape index (κ3) is 8.13. The van der Waals surface area contributed by atoms with E-state index >= 15 is 0 Å². The second-order valence-electron chi connectivity index (χ2n) is 5.82. The number of aryl methyl sites for hydroxylation is 1. The molecule has 0 radical (unpaired) electrons. The molecule has 0 aromatic heterocycles. The molecule has 0 spiro atoms. The summed E-state index contributed by atoms with van der Waals surface area (Å²) in [7, 11) is 0. The Kier molecular flexibility index (Phi) is 8.48. The molecule has 21 heavy (non-hydrogen) atoms. The van der Waals surface area contributed by atoms with Gasteiger partial charge in [0.05, 0.1) is 5.92 Å². The smallest absolute Gasteiger partial charge is 0.171 e. The first-order valence-electron chi connectivity index (χ1n) is 8.14. The van der Waals surface area contributed by atoms with Crippen molar-refractivity contribution in [1.29, 1.82) is 0 Å². The van der Waals surface area contributed by atoms with Crippen LogP contribution in [0.1, 0.15) is 63.9 Å². The summed E-state index contributed by atoms with van der Waals surface area (Å²) in [5.74, 6) is -1.15. The summed E-state index contributed by atoms with van der Waals surface area (Å²) in [6.07, 6.45) is 3.15. The van der Waals surface area contributed by atoms with Crippen LogP contribution < -0.4 is 0 Å². The highest BCUT2D eigenvalue weighted by atomic mass is 19.4. The summed E-state index contributed by atoms with van der Waals surface area (Å²) in [6.45, 7) is 2.14. The molecule has 0 saturated heterocycles. The monoisotopic (exact) mass is 300 g/mol. The number of unbranched alkanes of at least 4 members (excludes halogenated alkanes) is 5. The van der Waals surface area contributed by atoms with Crippen molar-refractivity contribution < 1.29 is 13.2 Å². The first kappa shape index (κ1) is 18.1. The Hall–Kier alpha value is -0.990. The van der Waals surface area contributed by atoms with Crippen molar-refractivity contribution >= 4 is 0 Å². The Morgan fingerprint density at radius 1 is 0.857 bits per heavy atom. The number of benzene rings is 1. The van der Waals surface area contributed by atoms with E-state index in [0.717, 1.165) is 24.8 Å². The molecule has 0 amide bonds. The Bertz CT molecular complexity index is 356. The zero-order valence-electron chi connectivity index (χ0n) is 13.0. The predicted molar refractivity (Wildman–Crippen MR) is 82.3 cm³/mol. The Balaban J connectivity index is 2.31. The van der Waals surface area contributed by atoms with Crippen molar-refractivity contribution in [3.8, 4) is 0 Å². The SMILES string of the molecule is CCCCCCCCC(CCc1ccccc1)C(F)(F)F. The fourth-order valence-corrected chi connectivity index (χ4v) is 2.63. The topological polar surface area (TPSA) is 0 Å². The van der Waals surface area contributed by atoms with Gasteiger partial charge in [-0.1, -0.05) is 75.8 Å². The van der Waals surface area contributed by atoms with E-state index in [0.29, 0.717) is 12.8 Å². The van der Waals surface area contributed by atoms with Gasteiger partial charge in [-0.05, 0) is 24.8 Å². The van der Waals surface area contributed by atoms with E-state index in [2.05, 4.69) is 6.92 Å². The molecule has 1 atom stereocenters. The maximum Gasteiger partial charge on any atom is 0.391 e. The van der Waals surface area contributed by atoms with Crippen LogP contribution in [0, 0.1) is 5.92 Å². The Morgan fingerprint density at radius 3 is 2.10 bits per heavy atom. The zero-order valence-corrected chi connectivity index (χ0v) is 13.0. The molecule has 0 saturated carbocycles. The molecule has 0 aliphatic heterocycles. The van der Waals surface area contributed by atoms with E-state index in [1.54, 1.807) is 0 Å². The van der Waals surface area contributed by atoms with Gasteiger partial charge in [-0.25, -0.2) is 0 Å². The third-order valence-electron chi connectivity index (χ3n) is 3.99. The molecule has 0 aliphatic rings. The van der Waals surface area contributed by atoms with E-state index in [1.165, 1.54) is 12.8 Å². The van der Waals surface area contributed by atoms with Gasteiger partial charge in [0.2, 0.25) is 0 Å². The minimum atomic E-state index is -4.06. The summed E-state index contributed by atoms with van der Waals surface area (Å²) < 4.78 is 39.2. The van der Waals surface area contributed by atoms with Crippen LogP contribution in [-0.4, -0.2) is 6.18 Å². The first-order chi connectivity index (χ1) is 10.0. The van der Waals surface area contributed by atoms with Crippen molar-refractivity contribution in [2.45, 2.75) is 70.9 Å². The molecule has 120 valence electrons. The second kappa shape index (κ2) is 9.86. The van der Waals surface area contributed by atoms with E-state index in [1.807, 2.05) is 30.3 Å². The minimum Gasteiger partial charge on any atom is -0.171 e. The van der Waals surface area contributed by atoms with Crippen LogP contribution in [0.3, 0.4) is 0 Å². The van der Waals surface area contributed by atoms with Crippen molar-refractivity contribution in [1.82, 2.24) is 0 Å². The molecule has 1 unspecified atom stereocenters. The summed E-state index contributed by atoms with van der Waals surface area (Å²) in [4.78, 5) is 0. The van der Waals surface area contributed by atoms with Crippen molar-refractivity contribution in [2.24, 2.45) is 5.92 Å². The third-order valence-corrected chi connectivity index (χ3v) is 3.99. The molecule has 1 rings (SSSR count). The lowest BCUT2D eigenvalue weighted by atomic mass is 9.93. The van der Waals surface area contributed by atoms with Gasteiger partial charge >= 0.3 is 6.18 Å². The largest absolute Gasteiger partial charge is 0.391 e. The fourth-order valence-electron chi connectivity index (χ4n) is 2.63. The Morgan fingerprint density at radius 2 is 1.48 bits per heavy atom. The quantitative estimate of drug-likeness (QED) is 0.430. The Labute approximate surface area is 126 Å². The molecule has 1 aromatic carbocycles. The molecular formula is C18H27F3. The van der Waals surface area contributed by atoms with Crippen LogP contribution in [0.5, 0.6) is 0 Å². The number of hydrogen-bond donors (Lipinski definition) is 0. The maximum absolute atomic E-state index is 13.1. The van der Waals surface area contributed by atoms with Crippen molar-refractivity contribution in [3.05, 3.63) is 35.9 Å². The molecular weight excluding hydrogens is 273 g/mol. The summed E-state index contributed by atoms with van der Waals surface area (Å²) >= 11 is 0. The highest BCUT2D eigenvalue weighted by Gasteiger charge is 2.38. The lowest BCUT2D eigenvalue weighted by Crippen LogP contribution is -2.23. The second-order valence-corrected chi connectivity index (χ2v) is 5.82. The average molecular weight is 300 g/mol.